The maximum atomic E-state index is 13.1. The maximum absolute atomic E-state index is 13.1. The molecule has 0 saturated carbocycles. The van der Waals surface area contributed by atoms with E-state index in [4.69, 9.17) is 0 Å². The van der Waals surface area contributed by atoms with Crippen molar-refractivity contribution in [2.24, 2.45) is 10.9 Å². The first-order chi connectivity index (χ1) is 15.5. The third kappa shape index (κ3) is 8.01. The number of carbonyl (C=O) groups is 2. The second kappa shape index (κ2) is 13.6. The van der Waals surface area contributed by atoms with Crippen LogP contribution in [0.4, 0.5) is 10.1 Å². The number of nitrogens with zero attached hydrogens (tertiary/aromatic N) is 4. The van der Waals surface area contributed by atoms with Gasteiger partial charge in [-0.3, -0.25) is 14.6 Å². The predicted molar refractivity (Wildman–Crippen MR) is 140 cm³/mol. The number of halogens is 2. The lowest BCUT2D eigenvalue weighted by Crippen LogP contribution is -2.50. The van der Waals surface area contributed by atoms with E-state index in [0.29, 0.717) is 38.4 Å². The van der Waals surface area contributed by atoms with Crippen LogP contribution >= 0.6 is 24.0 Å². The highest BCUT2D eigenvalue weighted by Crippen LogP contribution is 2.20. The Kier molecular flexibility index (Phi) is 11.2. The largest absolute Gasteiger partial charge is 0.368 e. The van der Waals surface area contributed by atoms with Crippen molar-refractivity contribution in [1.29, 1.82) is 0 Å². The highest BCUT2D eigenvalue weighted by atomic mass is 127. The molecule has 0 atom stereocenters. The van der Waals surface area contributed by atoms with Gasteiger partial charge < -0.3 is 25.3 Å². The quantitative estimate of drug-likeness (QED) is 0.309. The molecule has 2 aliphatic rings. The van der Waals surface area contributed by atoms with Crippen molar-refractivity contribution in [1.82, 2.24) is 20.4 Å². The summed E-state index contributed by atoms with van der Waals surface area (Å²) in [6, 6.07) is 6.50. The molecule has 1 aromatic rings. The molecule has 0 radical (unpaired) electrons. The standard InChI is InChI=1S/C23H35FN6O2.HI/c1-25-21(31)17-18-8-11-30(12-9-18)23(26-2)27-10-7-22(32)29-15-13-28(14-16-29)20-5-3-19(24)4-6-20;/h3-6,18H,7-17H2,1-2H3,(H,25,31)(H,26,27);1H. The smallest absolute Gasteiger partial charge is 0.224 e. The number of rotatable bonds is 6. The number of guanidine groups is 1. The number of aliphatic imine (C=N–C) groups is 1. The molecule has 2 fully saturated rings. The zero-order chi connectivity index (χ0) is 22.9. The van der Waals surface area contributed by atoms with Gasteiger partial charge in [-0.25, -0.2) is 4.39 Å². The minimum atomic E-state index is -0.238. The number of piperidine rings is 1. The van der Waals surface area contributed by atoms with Crippen LogP contribution in [0.25, 0.3) is 0 Å². The number of benzene rings is 1. The molecule has 2 aliphatic heterocycles. The van der Waals surface area contributed by atoms with Crippen LogP contribution in [-0.4, -0.2) is 87.5 Å². The van der Waals surface area contributed by atoms with Crippen LogP contribution in [0.5, 0.6) is 0 Å². The van der Waals surface area contributed by atoms with Crippen molar-refractivity contribution < 1.29 is 14.0 Å². The van der Waals surface area contributed by atoms with Gasteiger partial charge in [-0.15, -0.1) is 24.0 Å². The molecule has 0 aliphatic carbocycles. The van der Waals surface area contributed by atoms with E-state index in [2.05, 4.69) is 25.4 Å². The molecular formula is C23H36FIN6O2. The van der Waals surface area contributed by atoms with E-state index < -0.39 is 0 Å². The molecule has 0 unspecified atom stereocenters. The van der Waals surface area contributed by atoms with Crippen molar-refractivity contribution in [2.45, 2.75) is 25.7 Å². The van der Waals surface area contributed by atoms with Crippen LogP contribution in [0.3, 0.4) is 0 Å². The summed E-state index contributed by atoms with van der Waals surface area (Å²) < 4.78 is 13.1. The second-order valence-electron chi connectivity index (χ2n) is 8.38. The summed E-state index contributed by atoms with van der Waals surface area (Å²) in [6.45, 7) is 5.10. The maximum Gasteiger partial charge on any atom is 0.224 e. The molecule has 2 N–H and O–H groups in total. The number of amides is 2. The first-order valence-corrected chi connectivity index (χ1v) is 11.4. The fraction of sp³-hybridized carbons (Fsp3) is 0.609. The number of carbonyl (C=O) groups excluding carboxylic acids is 2. The molecule has 0 aromatic heterocycles. The Morgan fingerprint density at radius 3 is 2.24 bits per heavy atom. The summed E-state index contributed by atoms with van der Waals surface area (Å²) in [4.78, 5) is 34.9. The number of hydrogen-bond donors (Lipinski definition) is 2. The molecule has 2 saturated heterocycles. The first-order valence-electron chi connectivity index (χ1n) is 11.4. The molecular weight excluding hydrogens is 538 g/mol. The summed E-state index contributed by atoms with van der Waals surface area (Å²) in [5, 5.41) is 6.01. The molecule has 1 aromatic carbocycles. The van der Waals surface area contributed by atoms with Gasteiger partial charge in [0.05, 0.1) is 0 Å². The van der Waals surface area contributed by atoms with Crippen molar-refractivity contribution in [3.05, 3.63) is 30.1 Å². The van der Waals surface area contributed by atoms with Gasteiger partial charge in [-0.1, -0.05) is 0 Å². The lowest BCUT2D eigenvalue weighted by Gasteiger charge is -2.36. The third-order valence-corrected chi connectivity index (χ3v) is 6.32. The van der Waals surface area contributed by atoms with E-state index in [1.54, 1.807) is 26.2 Å². The number of hydrogen-bond acceptors (Lipinski definition) is 4. The van der Waals surface area contributed by atoms with Gasteiger partial charge in [0, 0.05) is 78.4 Å². The predicted octanol–water partition coefficient (Wildman–Crippen LogP) is 1.91. The van der Waals surface area contributed by atoms with Crippen molar-refractivity contribution in [3.8, 4) is 0 Å². The van der Waals surface area contributed by atoms with Gasteiger partial charge in [0.2, 0.25) is 11.8 Å². The minimum absolute atomic E-state index is 0. The normalized spacial score (nSPS) is 17.4. The number of nitrogens with one attached hydrogen (secondary N) is 2. The van der Waals surface area contributed by atoms with Gasteiger partial charge in [-0.05, 0) is 43.0 Å². The molecule has 0 spiro atoms. The van der Waals surface area contributed by atoms with E-state index >= 15 is 0 Å². The van der Waals surface area contributed by atoms with Crippen LogP contribution in [0.2, 0.25) is 0 Å². The first kappa shape index (κ1) is 27.1. The molecule has 3 rings (SSSR count). The highest BCUT2D eigenvalue weighted by molar-refractivity contribution is 14.0. The van der Waals surface area contributed by atoms with Crippen LogP contribution in [-0.2, 0) is 9.59 Å². The van der Waals surface area contributed by atoms with E-state index in [1.807, 2.05) is 4.90 Å². The van der Waals surface area contributed by atoms with E-state index in [9.17, 15) is 14.0 Å². The fourth-order valence-corrected chi connectivity index (χ4v) is 4.35. The highest BCUT2D eigenvalue weighted by Gasteiger charge is 2.24. The Morgan fingerprint density at radius 2 is 1.67 bits per heavy atom. The van der Waals surface area contributed by atoms with Crippen LogP contribution < -0.4 is 15.5 Å². The topological polar surface area (TPSA) is 80.3 Å². The van der Waals surface area contributed by atoms with Crippen LogP contribution in [0.1, 0.15) is 25.7 Å². The third-order valence-electron chi connectivity index (χ3n) is 6.32. The number of piperazine rings is 1. The Bertz CT molecular complexity index is 791. The summed E-state index contributed by atoms with van der Waals surface area (Å²) in [5.41, 5.74) is 0.989. The average Bonchev–Trinajstić information content (AvgIpc) is 2.83. The van der Waals surface area contributed by atoms with E-state index in [0.717, 1.165) is 50.7 Å². The molecule has 2 amide bonds. The van der Waals surface area contributed by atoms with Gasteiger partial charge in [0.25, 0.3) is 0 Å². The molecule has 184 valence electrons. The lowest BCUT2D eigenvalue weighted by atomic mass is 9.93. The average molecular weight is 574 g/mol. The zero-order valence-electron chi connectivity index (χ0n) is 19.6. The molecule has 33 heavy (non-hydrogen) atoms. The van der Waals surface area contributed by atoms with Gasteiger partial charge >= 0.3 is 0 Å². The van der Waals surface area contributed by atoms with Crippen LogP contribution in [0, 0.1) is 11.7 Å². The molecule has 2 heterocycles. The summed E-state index contributed by atoms with van der Waals surface area (Å²) in [7, 11) is 3.44. The Morgan fingerprint density at radius 1 is 1.03 bits per heavy atom. The summed E-state index contributed by atoms with van der Waals surface area (Å²) in [5.74, 6) is 1.23. The van der Waals surface area contributed by atoms with Crippen molar-refractivity contribution >= 4 is 47.4 Å². The van der Waals surface area contributed by atoms with Gasteiger partial charge in [-0.2, -0.15) is 0 Å². The van der Waals surface area contributed by atoms with Gasteiger partial charge in [0.1, 0.15) is 5.82 Å². The number of anilines is 1. The van der Waals surface area contributed by atoms with E-state index in [-0.39, 0.29) is 41.6 Å². The fourth-order valence-electron chi connectivity index (χ4n) is 4.35. The Labute approximate surface area is 213 Å². The molecule has 0 bridgehead atoms. The monoisotopic (exact) mass is 574 g/mol. The summed E-state index contributed by atoms with van der Waals surface area (Å²) in [6.07, 6.45) is 2.93. The van der Waals surface area contributed by atoms with E-state index in [1.165, 1.54) is 12.1 Å². The Hall–Kier alpha value is -2.11. The Balaban J connectivity index is 0.00000385. The van der Waals surface area contributed by atoms with Crippen molar-refractivity contribution in [3.63, 3.8) is 0 Å². The SMILES string of the molecule is CN=C(NCCC(=O)N1CCN(c2ccc(F)cc2)CC1)N1CCC(CC(=O)NC)CC1.I. The summed E-state index contributed by atoms with van der Waals surface area (Å²) >= 11 is 0. The van der Waals surface area contributed by atoms with Crippen LogP contribution in [0.15, 0.2) is 29.3 Å². The zero-order valence-corrected chi connectivity index (χ0v) is 21.9. The van der Waals surface area contributed by atoms with Gasteiger partial charge in [0.15, 0.2) is 5.96 Å². The second-order valence-corrected chi connectivity index (χ2v) is 8.38. The number of likely N-dealkylation sites (tertiary alicyclic amines) is 1. The molecule has 10 heteroatoms. The molecule has 8 nitrogen and oxygen atoms in total. The lowest BCUT2D eigenvalue weighted by molar-refractivity contribution is -0.131. The minimum Gasteiger partial charge on any atom is -0.368 e. The van der Waals surface area contributed by atoms with Crippen molar-refractivity contribution in [2.75, 3.05) is 64.8 Å².